The van der Waals surface area contributed by atoms with Gasteiger partial charge in [0.05, 0.1) is 31.8 Å². The van der Waals surface area contributed by atoms with E-state index in [1.807, 2.05) is 6.92 Å². The van der Waals surface area contributed by atoms with Crippen LogP contribution in [0.3, 0.4) is 0 Å². The molecule has 4 heteroatoms. The first-order chi connectivity index (χ1) is 10.7. The van der Waals surface area contributed by atoms with Crippen LogP contribution >= 0.6 is 0 Å². The number of carbonyl (C=O) groups is 1. The van der Waals surface area contributed by atoms with Crippen LogP contribution in [-0.2, 0) is 25.4 Å². The summed E-state index contributed by atoms with van der Waals surface area (Å²) in [6.45, 7) is 5.93. The second-order valence-corrected chi connectivity index (χ2v) is 6.52. The highest BCUT2D eigenvalue weighted by molar-refractivity contribution is 5.80. The van der Waals surface area contributed by atoms with Crippen molar-refractivity contribution < 1.29 is 19.0 Å². The number of hydrogen-bond acceptors (Lipinski definition) is 4. The number of rotatable bonds is 6. The summed E-state index contributed by atoms with van der Waals surface area (Å²) in [7, 11) is 0. The lowest BCUT2D eigenvalue weighted by Crippen LogP contribution is -2.13. The van der Waals surface area contributed by atoms with Gasteiger partial charge in [0, 0.05) is 5.92 Å². The van der Waals surface area contributed by atoms with E-state index in [9.17, 15) is 4.79 Å². The van der Waals surface area contributed by atoms with Crippen LogP contribution in [0.25, 0.3) is 0 Å². The highest BCUT2D eigenvalue weighted by Crippen LogP contribution is 2.62. The lowest BCUT2D eigenvalue weighted by atomic mass is 9.94. The Morgan fingerprint density at radius 3 is 3.00 bits per heavy atom. The Balaban J connectivity index is 1.49. The summed E-state index contributed by atoms with van der Waals surface area (Å²) in [5.74, 6) is 0.865. The number of ether oxygens (including phenoxy) is 3. The van der Waals surface area contributed by atoms with Gasteiger partial charge in [-0.05, 0) is 42.9 Å². The van der Waals surface area contributed by atoms with E-state index in [-0.39, 0.29) is 18.0 Å². The van der Waals surface area contributed by atoms with Gasteiger partial charge < -0.3 is 14.2 Å². The molecule has 0 bridgehead atoms. The van der Waals surface area contributed by atoms with Gasteiger partial charge in [-0.15, -0.1) is 0 Å². The molecular weight excluding hydrogens is 280 g/mol. The Hall–Kier alpha value is -1.39. The molecule has 1 saturated carbocycles. The van der Waals surface area contributed by atoms with Crippen molar-refractivity contribution in [2.45, 2.75) is 38.4 Å². The van der Waals surface area contributed by atoms with Crippen molar-refractivity contribution in [2.75, 3.05) is 19.8 Å². The number of fused-ring (bicyclic) bond motifs is 3. The minimum Gasteiger partial charge on any atom is -0.466 e. The molecular formula is C18H22O4. The molecule has 1 aliphatic heterocycles. The van der Waals surface area contributed by atoms with Gasteiger partial charge in [-0.3, -0.25) is 4.79 Å². The third kappa shape index (κ3) is 2.34. The van der Waals surface area contributed by atoms with Crippen LogP contribution in [0, 0.1) is 11.8 Å². The summed E-state index contributed by atoms with van der Waals surface area (Å²) in [4.78, 5) is 12.0. The Morgan fingerprint density at radius 2 is 2.27 bits per heavy atom. The molecule has 1 aromatic carbocycles. The number of hydrogen-bond donors (Lipinski definition) is 0. The second-order valence-electron chi connectivity index (χ2n) is 6.52. The Bertz CT molecular complexity index is 593. The first-order valence-electron chi connectivity index (χ1n) is 8.22. The molecule has 5 atom stereocenters. The number of carbonyl (C=O) groups excluding carboxylic acids is 1. The van der Waals surface area contributed by atoms with Crippen molar-refractivity contribution >= 4 is 5.97 Å². The lowest BCUT2D eigenvalue weighted by Gasteiger charge is -2.18. The third-order valence-corrected chi connectivity index (χ3v) is 5.15. The minimum atomic E-state index is -0.0243. The zero-order chi connectivity index (χ0) is 15.3. The van der Waals surface area contributed by atoms with Crippen molar-refractivity contribution in [1.82, 2.24) is 0 Å². The molecule has 0 unspecified atom stereocenters. The van der Waals surface area contributed by atoms with E-state index in [1.165, 1.54) is 16.7 Å². The standard InChI is InChI=1S/C18H22O4/c1-3-20-18(19)17-15-7-14-12(5-4-6-13(14)16(15)17)10(2)21-8-11-9-22-11/h4-6,10-11,15-17H,3,7-9H2,1-2H3/t10-,11+,15-,16+,17+/m1/s1. The summed E-state index contributed by atoms with van der Waals surface area (Å²) in [6.07, 6.45) is 1.35. The molecule has 0 radical (unpaired) electrons. The van der Waals surface area contributed by atoms with Gasteiger partial charge in [-0.2, -0.15) is 0 Å². The lowest BCUT2D eigenvalue weighted by molar-refractivity contribution is -0.145. The van der Waals surface area contributed by atoms with Crippen molar-refractivity contribution in [3.05, 3.63) is 34.9 Å². The van der Waals surface area contributed by atoms with E-state index in [2.05, 4.69) is 25.1 Å². The van der Waals surface area contributed by atoms with Crippen LogP contribution in [0.2, 0.25) is 0 Å². The molecule has 118 valence electrons. The Labute approximate surface area is 130 Å². The van der Waals surface area contributed by atoms with Crippen LogP contribution < -0.4 is 0 Å². The molecule has 0 amide bonds. The normalized spacial score (nSPS) is 32.1. The van der Waals surface area contributed by atoms with Crippen molar-refractivity contribution in [2.24, 2.45) is 11.8 Å². The summed E-state index contributed by atoms with van der Waals surface area (Å²) >= 11 is 0. The zero-order valence-corrected chi connectivity index (χ0v) is 13.1. The number of epoxide rings is 1. The second kappa shape index (κ2) is 5.36. The van der Waals surface area contributed by atoms with Crippen molar-refractivity contribution in [1.29, 1.82) is 0 Å². The highest BCUT2D eigenvalue weighted by atomic mass is 16.6. The Kier molecular flexibility index (Phi) is 3.46. The maximum Gasteiger partial charge on any atom is 0.309 e. The average molecular weight is 302 g/mol. The first-order valence-corrected chi connectivity index (χ1v) is 8.22. The summed E-state index contributed by atoms with van der Waals surface area (Å²) in [5.41, 5.74) is 3.99. The molecule has 1 aromatic rings. The highest BCUT2D eigenvalue weighted by Gasteiger charge is 2.60. The smallest absolute Gasteiger partial charge is 0.309 e. The average Bonchev–Trinajstić information content (AvgIpc) is 3.42. The largest absolute Gasteiger partial charge is 0.466 e. The maximum absolute atomic E-state index is 12.0. The summed E-state index contributed by atoms with van der Waals surface area (Å²) < 4.78 is 16.3. The first kappa shape index (κ1) is 14.2. The van der Waals surface area contributed by atoms with E-state index in [0.29, 0.717) is 31.2 Å². The van der Waals surface area contributed by atoms with Crippen molar-refractivity contribution in [3.8, 4) is 0 Å². The Morgan fingerprint density at radius 1 is 1.45 bits per heavy atom. The summed E-state index contributed by atoms with van der Waals surface area (Å²) in [6, 6.07) is 6.41. The molecule has 4 rings (SSSR count). The number of benzene rings is 1. The van der Waals surface area contributed by atoms with Gasteiger partial charge >= 0.3 is 5.97 Å². The predicted octanol–water partition coefficient (Wildman–Crippen LogP) is 2.61. The molecule has 4 nitrogen and oxygen atoms in total. The molecule has 2 fully saturated rings. The van der Waals surface area contributed by atoms with Gasteiger partial charge in [0.1, 0.15) is 6.10 Å². The van der Waals surface area contributed by atoms with Gasteiger partial charge in [0.15, 0.2) is 0 Å². The fraction of sp³-hybridized carbons (Fsp3) is 0.611. The quantitative estimate of drug-likeness (QED) is 0.598. The van der Waals surface area contributed by atoms with Gasteiger partial charge in [0.2, 0.25) is 0 Å². The zero-order valence-electron chi connectivity index (χ0n) is 13.1. The van der Waals surface area contributed by atoms with E-state index in [4.69, 9.17) is 14.2 Å². The summed E-state index contributed by atoms with van der Waals surface area (Å²) in [5, 5.41) is 0. The molecule has 22 heavy (non-hydrogen) atoms. The van der Waals surface area contributed by atoms with Crippen LogP contribution in [0.4, 0.5) is 0 Å². The fourth-order valence-electron chi connectivity index (χ4n) is 3.91. The molecule has 0 spiro atoms. The minimum absolute atomic E-state index is 0.0243. The van der Waals surface area contributed by atoms with E-state index in [0.717, 1.165) is 13.0 Å². The third-order valence-electron chi connectivity index (χ3n) is 5.15. The van der Waals surface area contributed by atoms with E-state index < -0.39 is 0 Å². The predicted molar refractivity (Wildman–Crippen MR) is 80.6 cm³/mol. The topological polar surface area (TPSA) is 48.1 Å². The number of esters is 1. The SMILES string of the molecule is CCOC(=O)[C@H]1[C@@H]2Cc3c(cccc3[C@@H](C)OC[C@H]3CO3)[C@@H]21. The van der Waals surface area contributed by atoms with Crippen molar-refractivity contribution in [3.63, 3.8) is 0 Å². The van der Waals surface area contributed by atoms with Gasteiger partial charge in [-0.25, -0.2) is 0 Å². The fourth-order valence-corrected chi connectivity index (χ4v) is 3.91. The van der Waals surface area contributed by atoms with Gasteiger partial charge in [-0.1, -0.05) is 18.2 Å². The molecule has 1 heterocycles. The molecule has 0 N–H and O–H groups in total. The molecule has 2 aliphatic carbocycles. The van der Waals surface area contributed by atoms with E-state index >= 15 is 0 Å². The van der Waals surface area contributed by atoms with Crippen LogP contribution in [0.15, 0.2) is 18.2 Å². The van der Waals surface area contributed by atoms with Crippen LogP contribution in [-0.4, -0.2) is 31.9 Å². The maximum atomic E-state index is 12.0. The van der Waals surface area contributed by atoms with E-state index in [1.54, 1.807) is 0 Å². The molecule has 0 aromatic heterocycles. The van der Waals surface area contributed by atoms with Crippen LogP contribution in [0.1, 0.15) is 42.6 Å². The molecule has 3 aliphatic rings. The van der Waals surface area contributed by atoms with Crippen LogP contribution in [0.5, 0.6) is 0 Å². The van der Waals surface area contributed by atoms with Gasteiger partial charge in [0.25, 0.3) is 0 Å². The monoisotopic (exact) mass is 302 g/mol. The molecule has 1 saturated heterocycles.